The summed E-state index contributed by atoms with van der Waals surface area (Å²) in [6, 6.07) is 16.9. The second kappa shape index (κ2) is 8.49. The van der Waals surface area contributed by atoms with E-state index in [2.05, 4.69) is 10.3 Å². The van der Waals surface area contributed by atoms with Crippen LogP contribution in [0.1, 0.15) is 25.0 Å². The van der Waals surface area contributed by atoms with Gasteiger partial charge in [0.05, 0.1) is 5.69 Å². The molecule has 0 aliphatic carbocycles. The summed E-state index contributed by atoms with van der Waals surface area (Å²) in [6.45, 7) is 4.75. The molecule has 0 aromatic heterocycles. The van der Waals surface area contributed by atoms with Crippen LogP contribution in [0.25, 0.3) is 0 Å². The Labute approximate surface area is 158 Å². The van der Waals surface area contributed by atoms with E-state index in [-0.39, 0.29) is 18.4 Å². The summed E-state index contributed by atoms with van der Waals surface area (Å²) in [5, 5.41) is 2.57. The highest BCUT2D eigenvalue weighted by molar-refractivity contribution is 6.05. The Morgan fingerprint density at radius 3 is 2.59 bits per heavy atom. The molecule has 0 bridgehead atoms. The van der Waals surface area contributed by atoms with Crippen molar-refractivity contribution in [3.8, 4) is 0 Å². The number of anilines is 1. The number of ether oxygens (including phenoxy) is 1. The van der Waals surface area contributed by atoms with Crippen molar-refractivity contribution in [2.75, 3.05) is 11.4 Å². The number of rotatable bonds is 5. The van der Waals surface area contributed by atoms with Gasteiger partial charge >= 0.3 is 6.09 Å². The van der Waals surface area contributed by atoms with Gasteiger partial charge in [0.2, 0.25) is 6.17 Å². The molecule has 1 N–H and O–H groups in total. The average molecular weight is 365 g/mol. The van der Waals surface area contributed by atoms with E-state index in [1.54, 1.807) is 11.1 Å². The molecule has 0 fully saturated rings. The fraction of sp³-hybridized carbons (Fsp3) is 0.286. The molecule has 6 heteroatoms. The van der Waals surface area contributed by atoms with Crippen LogP contribution >= 0.6 is 0 Å². The molecule has 2 aromatic rings. The first-order chi connectivity index (χ1) is 13.0. The van der Waals surface area contributed by atoms with Crippen molar-refractivity contribution < 1.29 is 14.3 Å². The van der Waals surface area contributed by atoms with Crippen LogP contribution in [0.3, 0.4) is 0 Å². The van der Waals surface area contributed by atoms with Gasteiger partial charge in [-0.3, -0.25) is 15.1 Å². The Balaban J connectivity index is 1.72. The lowest BCUT2D eigenvalue weighted by molar-refractivity contribution is -0.120. The van der Waals surface area contributed by atoms with Crippen LogP contribution in [0.5, 0.6) is 0 Å². The smallest absolute Gasteiger partial charge is 0.409 e. The number of carbonyl (C=O) groups is 2. The fourth-order valence-electron chi connectivity index (χ4n) is 2.86. The van der Waals surface area contributed by atoms with Crippen molar-refractivity contribution in [2.24, 2.45) is 10.9 Å². The molecule has 0 radical (unpaired) electrons. The van der Waals surface area contributed by atoms with Crippen LogP contribution < -0.4 is 10.2 Å². The number of carbonyl (C=O) groups excluding carboxylic acids is 2. The first-order valence-corrected chi connectivity index (χ1v) is 8.95. The van der Waals surface area contributed by atoms with Crippen LogP contribution in [-0.4, -0.2) is 30.9 Å². The van der Waals surface area contributed by atoms with Crippen molar-refractivity contribution >= 4 is 23.9 Å². The number of para-hydroxylation sites is 1. The zero-order chi connectivity index (χ0) is 19.2. The van der Waals surface area contributed by atoms with Gasteiger partial charge in [-0.25, -0.2) is 4.79 Å². The highest BCUT2D eigenvalue weighted by Crippen LogP contribution is 2.23. The quantitative estimate of drug-likeness (QED) is 0.883. The van der Waals surface area contributed by atoms with Crippen molar-refractivity contribution in [3.63, 3.8) is 0 Å². The maximum atomic E-state index is 13.0. The third kappa shape index (κ3) is 4.73. The summed E-state index contributed by atoms with van der Waals surface area (Å²) < 4.78 is 5.22. The van der Waals surface area contributed by atoms with Crippen LogP contribution in [0.15, 0.2) is 59.6 Å². The number of hydrogen-bond acceptors (Lipinski definition) is 4. The minimum absolute atomic E-state index is 0.132. The molecule has 27 heavy (non-hydrogen) atoms. The third-order valence-electron chi connectivity index (χ3n) is 4.11. The molecule has 2 aromatic carbocycles. The van der Waals surface area contributed by atoms with Crippen molar-refractivity contribution in [1.29, 1.82) is 0 Å². The molecule has 3 rings (SSSR count). The van der Waals surface area contributed by atoms with Crippen molar-refractivity contribution in [1.82, 2.24) is 5.32 Å². The van der Waals surface area contributed by atoms with E-state index in [1.165, 1.54) is 0 Å². The zero-order valence-corrected chi connectivity index (χ0v) is 15.5. The van der Waals surface area contributed by atoms with Crippen molar-refractivity contribution in [3.05, 3.63) is 65.7 Å². The number of aliphatic imine (C=N–C) groups is 1. The van der Waals surface area contributed by atoms with E-state index in [9.17, 15) is 9.59 Å². The average Bonchev–Trinajstić information content (AvgIpc) is 2.79. The molecular weight excluding hydrogens is 342 g/mol. The molecule has 1 atom stereocenters. The largest absolute Gasteiger partial charge is 0.445 e. The van der Waals surface area contributed by atoms with Gasteiger partial charge in [-0.1, -0.05) is 62.4 Å². The van der Waals surface area contributed by atoms with E-state index >= 15 is 0 Å². The molecule has 1 heterocycles. The number of fused-ring (bicyclic) bond motifs is 1. The Morgan fingerprint density at radius 1 is 1.15 bits per heavy atom. The molecule has 0 spiro atoms. The second-order valence-corrected chi connectivity index (χ2v) is 6.79. The van der Waals surface area contributed by atoms with E-state index in [4.69, 9.17) is 4.74 Å². The molecular formula is C21H23N3O3. The maximum Gasteiger partial charge on any atom is 0.409 e. The first-order valence-electron chi connectivity index (χ1n) is 8.95. The topological polar surface area (TPSA) is 71.0 Å². The lowest BCUT2D eigenvalue weighted by atomic mass is 10.1. The Bertz CT molecular complexity index is 834. The minimum atomic E-state index is -1.01. The summed E-state index contributed by atoms with van der Waals surface area (Å²) in [5.74, 6) is -0.00708. The van der Waals surface area contributed by atoms with Gasteiger partial charge in [-0.05, 0) is 17.5 Å². The molecule has 6 nitrogen and oxygen atoms in total. The monoisotopic (exact) mass is 365 g/mol. The number of nitrogens with zero attached hydrogens (tertiary/aromatic N) is 2. The molecule has 1 aliphatic heterocycles. The summed E-state index contributed by atoms with van der Waals surface area (Å²) in [6.07, 6.45) is -0.0698. The van der Waals surface area contributed by atoms with Gasteiger partial charge in [0.15, 0.2) is 0 Å². The van der Waals surface area contributed by atoms with E-state index < -0.39 is 12.3 Å². The summed E-state index contributed by atoms with van der Waals surface area (Å²) in [5.41, 5.74) is 2.51. The zero-order valence-electron chi connectivity index (χ0n) is 15.5. The normalized spacial score (nSPS) is 16.0. The summed E-state index contributed by atoms with van der Waals surface area (Å²) in [4.78, 5) is 31.1. The summed E-state index contributed by atoms with van der Waals surface area (Å²) in [7, 11) is 0. The van der Waals surface area contributed by atoms with Crippen LogP contribution in [0.2, 0.25) is 0 Å². The number of benzodiazepines with no additional fused rings is 1. The third-order valence-corrected chi connectivity index (χ3v) is 4.11. The standard InChI is InChI=1S/C21H23N3O3/c1-15(2)13-24-18-11-7-6-10-17(18)12-22-19(20(24)25)23-21(26)27-14-16-8-4-3-5-9-16/h3-12,15,19H,13-14H2,1-2H3,(H,23,26)/t19-/m1/s1. The second-order valence-electron chi connectivity index (χ2n) is 6.79. The van der Waals surface area contributed by atoms with E-state index in [0.717, 1.165) is 16.8 Å². The molecule has 140 valence electrons. The van der Waals surface area contributed by atoms with Crippen LogP contribution in [-0.2, 0) is 16.1 Å². The fourth-order valence-corrected chi connectivity index (χ4v) is 2.86. The van der Waals surface area contributed by atoms with Gasteiger partial charge in [0.25, 0.3) is 5.91 Å². The van der Waals surface area contributed by atoms with Gasteiger partial charge < -0.3 is 9.64 Å². The first kappa shape index (κ1) is 18.6. The number of benzene rings is 2. The lowest BCUT2D eigenvalue weighted by Gasteiger charge is -2.26. The molecule has 0 saturated heterocycles. The minimum Gasteiger partial charge on any atom is -0.445 e. The SMILES string of the molecule is CC(C)CN1C(=O)[C@@H](NC(=O)OCc2ccccc2)N=Cc2ccccc21. The molecule has 2 amide bonds. The van der Waals surface area contributed by atoms with Gasteiger partial charge in [-0.15, -0.1) is 0 Å². The predicted octanol–water partition coefficient (Wildman–Crippen LogP) is 3.36. The summed E-state index contributed by atoms with van der Waals surface area (Å²) >= 11 is 0. The lowest BCUT2D eigenvalue weighted by Crippen LogP contribution is -2.48. The Kier molecular flexibility index (Phi) is 5.86. The van der Waals surface area contributed by atoms with E-state index in [1.807, 2.05) is 68.4 Å². The Hall–Kier alpha value is -3.15. The Morgan fingerprint density at radius 2 is 1.85 bits per heavy atom. The number of amides is 2. The van der Waals surface area contributed by atoms with Gasteiger partial charge in [-0.2, -0.15) is 0 Å². The van der Waals surface area contributed by atoms with Gasteiger partial charge in [0.1, 0.15) is 6.61 Å². The molecule has 0 unspecified atom stereocenters. The van der Waals surface area contributed by atoms with Gasteiger partial charge in [0, 0.05) is 18.3 Å². The predicted molar refractivity (Wildman–Crippen MR) is 105 cm³/mol. The molecule has 0 saturated carbocycles. The van der Waals surface area contributed by atoms with Crippen LogP contribution in [0, 0.1) is 5.92 Å². The maximum absolute atomic E-state index is 13.0. The molecule has 1 aliphatic rings. The highest BCUT2D eigenvalue weighted by atomic mass is 16.5. The highest BCUT2D eigenvalue weighted by Gasteiger charge is 2.30. The van der Waals surface area contributed by atoms with E-state index in [0.29, 0.717) is 6.54 Å². The number of nitrogens with one attached hydrogen (secondary N) is 1. The number of alkyl carbamates (subject to hydrolysis) is 1. The number of hydrogen-bond donors (Lipinski definition) is 1. The van der Waals surface area contributed by atoms with Crippen molar-refractivity contribution in [2.45, 2.75) is 26.6 Å². The van der Waals surface area contributed by atoms with Crippen LogP contribution in [0.4, 0.5) is 10.5 Å².